The standard InChI is InChI=1S/C16H21FOS/c1-9(2)14-12-7-16(3,17)18-15(12)11-6-4-5-10(11)13(14)8-19/h9,19H,4-8H2,1-3H3. The summed E-state index contributed by atoms with van der Waals surface area (Å²) in [4.78, 5) is 0. The van der Waals surface area contributed by atoms with E-state index in [0.717, 1.165) is 36.3 Å². The SMILES string of the molecule is CC(C)c1c(CS)c2c(c3c1CC(C)(F)O3)CCC2. The predicted octanol–water partition coefficient (Wildman–Crippen LogP) is 4.35. The summed E-state index contributed by atoms with van der Waals surface area (Å²) in [6.07, 6.45) is 3.64. The van der Waals surface area contributed by atoms with Crippen LogP contribution in [0, 0.1) is 0 Å². The summed E-state index contributed by atoms with van der Waals surface area (Å²) in [5.74, 6) is 0.440. The van der Waals surface area contributed by atoms with E-state index >= 15 is 0 Å². The Balaban J connectivity index is 2.29. The molecule has 0 saturated carbocycles. The van der Waals surface area contributed by atoms with Crippen LogP contribution in [-0.2, 0) is 25.0 Å². The molecule has 0 saturated heterocycles. The van der Waals surface area contributed by atoms with Crippen LogP contribution in [0.25, 0.3) is 0 Å². The third kappa shape index (κ3) is 1.97. The number of hydrogen-bond acceptors (Lipinski definition) is 2. The van der Waals surface area contributed by atoms with Gasteiger partial charge in [0.25, 0.3) is 0 Å². The number of rotatable bonds is 2. The van der Waals surface area contributed by atoms with Crippen molar-refractivity contribution < 1.29 is 9.13 Å². The average molecular weight is 280 g/mol. The topological polar surface area (TPSA) is 9.23 Å². The molecule has 104 valence electrons. The van der Waals surface area contributed by atoms with Crippen molar-refractivity contribution in [2.75, 3.05) is 0 Å². The van der Waals surface area contributed by atoms with E-state index < -0.39 is 5.85 Å². The minimum atomic E-state index is -1.54. The fraction of sp³-hybridized carbons (Fsp3) is 0.625. The van der Waals surface area contributed by atoms with Gasteiger partial charge >= 0.3 is 0 Å². The Labute approximate surface area is 120 Å². The number of halogens is 1. The molecule has 1 aromatic carbocycles. The van der Waals surface area contributed by atoms with Gasteiger partial charge in [-0.15, -0.1) is 0 Å². The lowest BCUT2D eigenvalue weighted by Crippen LogP contribution is -2.23. The number of benzene rings is 1. The molecule has 1 aromatic rings. The lowest BCUT2D eigenvalue weighted by Gasteiger charge is -2.20. The van der Waals surface area contributed by atoms with E-state index in [9.17, 15) is 4.39 Å². The highest BCUT2D eigenvalue weighted by Gasteiger charge is 2.40. The summed E-state index contributed by atoms with van der Waals surface area (Å²) < 4.78 is 19.9. The van der Waals surface area contributed by atoms with Gasteiger partial charge in [-0.05, 0) is 47.4 Å². The summed E-state index contributed by atoms with van der Waals surface area (Å²) in [6, 6.07) is 0. The van der Waals surface area contributed by atoms with Crippen molar-refractivity contribution in [2.24, 2.45) is 0 Å². The van der Waals surface area contributed by atoms with E-state index in [2.05, 4.69) is 26.5 Å². The Morgan fingerprint density at radius 2 is 1.95 bits per heavy atom. The highest BCUT2D eigenvalue weighted by Crippen LogP contribution is 2.48. The number of hydrogen-bond donors (Lipinski definition) is 1. The van der Waals surface area contributed by atoms with Gasteiger partial charge in [0.2, 0.25) is 5.85 Å². The summed E-state index contributed by atoms with van der Waals surface area (Å²) in [5, 5.41) is 0. The van der Waals surface area contributed by atoms with Crippen molar-refractivity contribution in [2.45, 2.75) is 64.0 Å². The van der Waals surface area contributed by atoms with Crippen molar-refractivity contribution in [3.63, 3.8) is 0 Å². The monoisotopic (exact) mass is 280 g/mol. The molecule has 3 rings (SSSR count). The van der Waals surface area contributed by atoms with Gasteiger partial charge in [-0.25, -0.2) is 0 Å². The molecule has 1 atom stereocenters. The first-order chi connectivity index (χ1) is 8.94. The van der Waals surface area contributed by atoms with Crippen LogP contribution in [0.5, 0.6) is 5.75 Å². The number of fused-ring (bicyclic) bond motifs is 3. The molecular weight excluding hydrogens is 259 g/mol. The van der Waals surface area contributed by atoms with Crippen molar-refractivity contribution in [3.05, 3.63) is 27.8 Å². The van der Waals surface area contributed by atoms with Gasteiger partial charge in [0.05, 0.1) is 0 Å². The molecule has 0 spiro atoms. The summed E-state index contributed by atoms with van der Waals surface area (Å²) in [5.41, 5.74) is 6.36. The van der Waals surface area contributed by atoms with Gasteiger partial charge in [-0.3, -0.25) is 0 Å². The van der Waals surface area contributed by atoms with E-state index in [1.54, 1.807) is 6.92 Å². The van der Waals surface area contributed by atoms with Crippen molar-refractivity contribution >= 4 is 12.6 Å². The highest BCUT2D eigenvalue weighted by molar-refractivity contribution is 7.79. The Morgan fingerprint density at radius 1 is 1.26 bits per heavy atom. The fourth-order valence-electron chi connectivity index (χ4n) is 3.72. The molecule has 0 radical (unpaired) electrons. The second-order valence-electron chi connectivity index (χ2n) is 6.20. The Bertz CT molecular complexity index is 534. The second-order valence-corrected chi connectivity index (χ2v) is 6.52. The average Bonchev–Trinajstić information content (AvgIpc) is 2.88. The lowest BCUT2D eigenvalue weighted by atomic mass is 9.85. The highest BCUT2D eigenvalue weighted by atomic mass is 32.1. The van der Waals surface area contributed by atoms with Gasteiger partial charge < -0.3 is 4.74 Å². The summed E-state index contributed by atoms with van der Waals surface area (Å²) in [6.45, 7) is 5.90. The van der Waals surface area contributed by atoms with Crippen LogP contribution >= 0.6 is 12.6 Å². The first-order valence-electron chi connectivity index (χ1n) is 7.12. The minimum Gasteiger partial charge on any atom is -0.457 e. The van der Waals surface area contributed by atoms with Crippen LogP contribution in [0.1, 0.15) is 60.9 Å². The van der Waals surface area contributed by atoms with Crippen molar-refractivity contribution in [3.8, 4) is 5.75 Å². The van der Waals surface area contributed by atoms with Crippen molar-refractivity contribution in [1.29, 1.82) is 0 Å². The smallest absolute Gasteiger partial charge is 0.249 e. The maximum absolute atomic E-state index is 14.3. The van der Waals surface area contributed by atoms with Crippen molar-refractivity contribution in [1.82, 2.24) is 0 Å². The molecule has 0 N–H and O–H groups in total. The summed E-state index contributed by atoms with van der Waals surface area (Å²) >= 11 is 4.52. The maximum atomic E-state index is 14.3. The predicted molar refractivity (Wildman–Crippen MR) is 79.1 cm³/mol. The van der Waals surface area contributed by atoms with E-state index in [0.29, 0.717) is 12.3 Å². The third-order valence-corrected chi connectivity index (χ3v) is 4.64. The third-order valence-electron chi connectivity index (χ3n) is 4.32. The van der Waals surface area contributed by atoms with Crippen LogP contribution in [0.15, 0.2) is 0 Å². The van der Waals surface area contributed by atoms with Gasteiger partial charge in [-0.1, -0.05) is 13.8 Å². The normalized spacial score (nSPS) is 24.5. The Morgan fingerprint density at radius 3 is 2.58 bits per heavy atom. The van der Waals surface area contributed by atoms with Crippen LogP contribution < -0.4 is 4.74 Å². The second kappa shape index (κ2) is 4.41. The molecule has 0 bridgehead atoms. The molecule has 1 heterocycles. The van der Waals surface area contributed by atoms with Gasteiger partial charge in [-0.2, -0.15) is 17.0 Å². The molecule has 3 heteroatoms. The number of alkyl halides is 1. The molecule has 1 unspecified atom stereocenters. The zero-order valence-electron chi connectivity index (χ0n) is 11.8. The van der Waals surface area contributed by atoms with Gasteiger partial charge in [0.15, 0.2) is 0 Å². The van der Waals surface area contributed by atoms with Crippen LogP contribution in [-0.4, -0.2) is 5.85 Å². The molecule has 0 amide bonds. The molecule has 0 aromatic heterocycles. The zero-order chi connectivity index (χ0) is 13.8. The van der Waals surface area contributed by atoms with Crippen LogP contribution in [0.2, 0.25) is 0 Å². The molecule has 0 fully saturated rings. The molecular formula is C16H21FOS. The van der Waals surface area contributed by atoms with E-state index in [1.807, 2.05) is 0 Å². The van der Waals surface area contributed by atoms with E-state index in [1.165, 1.54) is 22.3 Å². The zero-order valence-corrected chi connectivity index (χ0v) is 12.7. The van der Waals surface area contributed by atoms with E-state index in [-0.39, 0.29) is 0 Å². The fourth-order valence-corrected chi connectivity index (χ4v) is 4.08. The Hall–Kier alpha value is -0.700. The molecule has 19 heavy (non-hydrogen) atoms. The summed E-state index contributed by atoms with van der Waals surface area (Å²) in [7, 11) is 0. The van der Waals surface area contributed by atoms with E-state index in [4.69, 9.17) is 4.74 Å². The Kier molecular flexibility index (Phi) is 3.08. The largest absolute Gasteiger partial charge is 0.457 e. The first kappa shape index (κ1) is 13.3. The molecule has 1 aliphatic carbocycles. The first-order valence-corrected chi connectivity index (χ1v) is 7.76. The number of thiol groups is 1. The number of ether oxygens (including phenoxy) is 1. The molecule has 2 aliphatic rings. The molecule has 1 nitrogen and oxygen atoms in total. The van der Waals surface area contributed by atoms with Crippen LogP contribution in [0.4, 0.5) is 4.39 Å². The van der Waals surface area contributed by atoms with Crippen LogP contribution in [0.3, 0.4) is 0 Å². The maximum Gasteiger partial charge on any atom is 0.249 e. The lowest BCUT2D eigenvalue weighted by molar-refractivity contribution is -0.0240. The van der Waals surface area contributed by atoms with Gasteiger partial charge in [0, 0.05) is 24.7 Å². The minimum absolute atomic E-state index is 0.379. The quantitative estimate of drug-likeness (QED) is 0.792. The van der Waals surface area contributed by atoms with Gasteiger partial charge in [0.1, 0.15) is 5.75 Å². The molecule has 1 aliphatic heterocycles.